The molecule has 3 aromatic heterocycles. The number of hydrogen-bond donors (Lipinski definition) is 3. The molecule has 4 heterocycles. The first-order valence-corrected chi connectivity index (χ1v) is 15.5. The molecule has 13 heteroatoms. The number of pyridine rings is 1. The lowest BCUT2D eigenvalue weighted by Crippen LogP contribution is -2.49. The number of nitrogens with one attached hydrogen (secondary N) is 3. The Balaban J connectivity index is 1.45. The van der Waals surface area contributed by atoms with Gasteiger partial charge in [-0.25, -0.2) is 14.5 Å². The summed E-state index contributed by atoms with van der Waals surface area (Å²) in [4.78, 5) is 66.4. The summed E-state index contributed by atoms with van der Waals surface area (Å²) >= 11 is 0. The van der Waals surface area contributed by atoms with E-state index in [0.29, 0.717) is 37.5 Å². The lowest BCUT2D eigenvalue weighted by molar-refractivity contribution is -0.129. The Morgan fingerprint density at radius 3 is 2.59 bits per heavy atom. The minimum Gasteiger partial charge on any atom is -0.465 e. The Labute approximate surface area is 267 Å². The molecule has 13 nitrogen and oxygen atoms in total. The predicted molar refractivity (Wildman–Crippen MR) is 170 cm³/mol. The number of methoxy groups -OCH3 is 1. The van der Waals surface area contributed by atoms with Crippen molar-refractivity contribution in [3.8, 4) is 0 Å². The van der Waals surface area contributed by atoms with E-state index in [0.717, 1.165) is 16.5 Å². The van der Waals surface area contributed by atoms with Crippen LogP contribution in [0.25, 0.3) is 10.9 Å². The number of rotatable bonds is 6. The fourth-order valence-corrected chi connectivity index (χ4v) is 5.74. The molecule has 4 aromatic rings. The zero-order valence-electron chi connectivity index (χ0n) is 26.6. The third-order valence-corrected chi connectivity index (χ3v) is 8.00. The van der Waals surface area contributed by atoms with Crippen molar-refractivity contribution in [2.45, 2.75) is 65.1 Å². The quantitative estimate of drug-likeness (QED) is 0.274. The van der Waals surface area contributed by atoms with Crippen LogP contribution in [0.4, 0.5) is 0 Å². The maximum absolute atomic E-state index is 13.9. The molecule has 0 saturated carbocycles. The topological polar surface area (TPSA) is 164 Å². The van der Waals surface area contributed by atoms with Crippen molar-refractivity contribution >= 4 is 34.6 Å². The molecule has 0 fully saturated rings. The van der Waals surface area contributed by atoms with Crippen LogP contribution < -0.4 is 10.6 Å². The third-order valence-electron chi connectivity index (χ3n) is 8.00. The van der Waals surface area contributed by atoms with E-state index in [2.05, 4.69) is 39.5 Å². The van der Waals surface area contributed by atoms with E-state index < -0.39 is 18.1 Å². The van der Waals surface area contributed by atoms with Gasteiger partial charge in [-0.15, -0.1) is 0 Å². The second kappa shape index (κ2) is 14.4. The number of amides is 3. The second-order valence-electron chi connectivity index (χ2n) is 11.9. The zero-order chi connectivity index (χ0) is 32.8. The number of carbonyl (C=O) groups excluding carboxylic acids is 4. The summed E-state index contributed by atoms with van der Waals surface area (Å²) in [6, 6.07) is 9.50. The molecule has 46 heavy (non-hydrogen) atoms. The largest absolute Gasteiger partial charge is 0.465 e. The van der Waals surface area contributed by atoms with Gasteiger partial charge in [-0.2, -0.15) is 5.10 Å². The molecule has 0 unspecified atom stereocenters. The van der Waals surface area contributed by atoms with Crippen LogP contribution in [0.3, 0.4) is 0 Å². The Morgan fingerprint density at radius 1 is 1.04 bits per heavy atom. The van der Waals surface area contributed by atoms with Gasteiger partial charge in [-0.3, -0.25) is 19.4 Å². The Morgan fingerprint density at radius 2 is 1.85 bits per heavy atom. The van der Waals surface area contributed by atoms with Gasteiger partial charge in [0, 0.05) is 49.2 Å². The summed E-state index contributed by atoms with van der Waals surface area (Å²) < 4.78 is 6.48. The summed E-state index contributed by atoms with van der Waals surface area (Å²) in [5.41, 5.74) is 2.27. The van der Waals surface area contributed by atoms with Gasteiger partial charge in [0.25, 0.3) is 5.91 Å². The van der Waals surface area contributed by atoms with Gasteiger partial charge in [0.05, 0.1) is 25.3 Å². The van der Waals surface area contributed by atoms with Crippen LogP contribution in [0, 0.1) is 12.8 Å². The van der Waals surface area contributed by atoms with Crippen molar-refractivity contribution in [3.63, 3.8) is 0 Å². The number of para-hydroxylation sites is 1. The number of benzene rings is 1. The normalized spacial score (nSPS) is 18.1. The van der Waals surface area contributed by atoms with Crippen molar-refractivity contribution in [1.29, 1.82) is 0 Å². The molecular weight excluding hydrogens is 588 g/mol. The molecule has 0 radical (unpaired) electrons. The molecule has 0 saturated heterocycles. The maximum Gasteiger partial charge on any atom is 0.339 e. The standard InChI is InChI=1S/C33H40N8O5/c1-20(2)16-27-30-36-21(3)39-41(30)15-14-40(32(44)26-12-11-22(18-35-26)33(45)46-4)13-7-10-29(42)37-28(31(43)38-27)17-23-19-34-25-9-6-5-8-24(23)25/h5-6,8-9,11-12,18-20,27-28,34H,7,10,13-17H2,1-4H3,(H,37,42)(H,38,43)/t27-,28+/m0/s1. The summed E-state index contributed by atoms with van der Waals surface area (Å²) in [7, 11) is 1.28. The van der Waals surface area contributed by atoms with E-state index in [1.54, 1.807) is 16.5 Å². The number of aryl methyl sites for hydroxylation is 1. The lowest BCUT2D eigenvalue weighted by Gasteiger charge is -2.27. The van der Waals surface area contributed by atoms with Gasteiger partial charge in [0.2, 0.25) is 11.8 Å². The third kappa shape index (κ3) is 7.59. The van der Waals surface area contributed by atoms with E-state index in [9.17, 15) is 19.2 Å². The maximum atomic E-state index is 13.9. The highest BCUT2D eigenvalue weighted by Gasteiger charge is 2.29. The van der Waals surface area contributed by atoms with E-state index >= 15 is 0 Å². The molecule has 3 N–H and O–H groups in total. The number of carbonyl (C=O) groups is 4. The first-order valence-electron chi connectivity index (χ1n) is 15.5. The number of ether oxygens (including phenoxy) is 1. The highest BCUT2D eigenvalue weighted by molar-refractivity contribution is 5.94. The van der Waals surface area contributed by atoms with Crippen LogP contribution in [0.2, 0.25) is 0 Å². The van der Waals surface area contributed by atoms with Crippen LogP contribution in [-0.2, 0) is 27.3 Å². The molecule has 1 aliphatic heterocycles. The summed E-state index contributed by atoms with van der Waals surface area (Å²) in [6.07, 6.45) is 4.53. The fourth-order valence-electron chi connectivity index (χ4n) is 5.74. The molecule has 0 aliphatic carbocycles. The van der Waals surface area contributed by atoms with E-state index in [1.165, 1.54) is 25.4 Å². The average molecular weight is 629 g/mol. The first kappa shape index (κ1) is 32.3. The van der Waals surface area contributed by atoms with Crippen LogP contribution in [0.5, 0.6) is 0 Å². The van der Waals surface area contributed by atoms with Crippen molar-refractivity contribution in [2.75, 3.05) is 20.2 Å². The predicted octanol–water partition coefficient (Wildman–Crippen LogP) is 3.12. The highest BCUT2D eigenvalue weighted by atomic mass is 16.5. The van der Waals surface area contributed by atoms with Gasteiger partial charge in [-0.05, 0) is 49.4 Å². The fraction of sp³-hybridized carbons (Fsp3) is 0.424. The molecule has 5 rings (SSSR count). The molecule has 1 aromatic carbocycles. The first-order chi connectivity index (χ1) is 22.1. The van der Waals surface area contributed by atoms with Gasteiger partial charge in [0.15, 0.2) is 0 Å². The number of fused-ring (bicyclic) bond motifs is 2. The molecule has 1 aliphatic rings. The zero-order valence-corrected chi connectivity index (χ0v) is 26.6. The molecule has 242 valence electrons. The Kier molecular flexibility index (Phi) is 10.1. The van der Waals surface area contributed by atoms with Crippen molar-refractivity contribution in [2.24, 2.45) is 5.92 Å². The number of H-pyrrole nitrogens is 1. The minimum atomic E-state index is -0.836. The van der Waals surface area contributed by atoms with E-state index in [1.807, 2.05) is 30.5 Å². The molecular formula is C33H40N8O5. The molecule has 0 spiro atoms. The smallest absolute Gasteiger partial charge is 0.339 e. The van der Waals surface area contributed by atoms with E-state index in [4.69, 9.17) is 9.72 Å². The molecule has 0 bridgehead atoms. The number of aromatic nitrogens is 5. The van der Waals surface area contributed by atoms with Crippen molar-refractivity contribution in [1.82, 2.24) is 40.3 Å². The summed E-state index contributed by atoms with van der Waals surface area (Å²) in [5.74, 6) is -0.127. The number of hydrogen-bond acceptors (Lipinski definition) is 8. The summed E-state index contributed by atoms with van der Waals surface area (Å²) in [5, 5.41) is 11.7. The number of aromatic amines is 1. The molecule has 2 atom stereocenters. The summed E-state index contributed by atoms with van der Waals surface area (Å²) in [6.45, 7) is 6.77. The van der Waals surface area contributed by atoms with Crippen LogP contribution in [0.1, 0.15) is 77.2 Å². The van der Waals surface area contributed by atoms with Crippen LogP contribution >= 0.6 is 0 Å². The highest BCUT2D eigenvalue weighted by Crippen LogP contribution is 2.23. The van der Waals surface area contributed by atoms with Crippen molar-refractivity contribution in [3.05, 3.63) is 77.3 Å². The van der Waals surface area contributed by atoms with Crippen molar-refractivity contribution < 1.29 is 23.9 Å². The second-order valence-corrected chi connectivity index (χ2v) is 11.9. The van der Waals surface area contributed by atoms with Crippen LogP contribution in [-0.4, -0.2) is 79.6 Å². The van der Waals surface area contributed by atoms with Gasteiger partial charge in [0.1, 0.15) is 23.4 Å². The monoisotopic (exact) mass is 628 g/mol. The number of nitrogens with zero attached hydrogens (tertiary/aromatic N) is 5. The molecule has 3 amide bonds. The lowest BCUT2D eigenvalue weighted by atomic mass is 10.0. The van der Waals surface area contributed by atoms with E-state index in [-0.39, 0.29) is 54.4 Å². The minimum absolute atomic E-state index is 0.110. The Hall–Kier alpha value is -5.07. The Bertz CT molecular complexity index is 1710. The van der Waals surface area contributed by atoms with Crippen LogP contribution in [0.15, 0.2) is 48.8 Å². The van der Waals surface area contributed by atoms with Gasteiger partial charge in [-0.1, -0.05) is 32.0 Å². The number of esters is 1. The van der Waals surface area contributed by atoms with Gasteiger partial charge < -0.3 is 25.3 Å². The SMILES string of the molecule is COC(=O)c1ccc(C(=O)N2CCCC(=O)N[C@H](Cc3c[nH]c4ccccc34)C(=O)N[C@@H](CC(C)C)c3nc(C)nn3CC2)nc1. The van der Waals surface area contributed by atoms with Gasteiger partial charge >= 0.3 is 5.97 Å². The average Bonchev–Trinajstić information content (AvgIpc) is 3.63.